The maximum Gasteiger partial charge on any atom is 0.157 e. The summed E-state index contributed by atoms with van der Waals surface area (Å²) in [7, 11) is -3.09. The molecule has 0 aliphatic heterocycles. The monoisotopic (exact) mass is 275 g/mol. The van der Waals surface area contributed by atoms with Crippen molar-refractivity contribution in [1.29, 1.82) is 0 Å². The second kappa shape index (κ2) is 5.83. The molecule has 0 aliphatic carbocycles. The van der Waals surface area contributed by atoms with Crippen LogP contribution in [-0.2, 0) is 15.6 Å². The highest BCUT2D eigenvalue weighted by atomic mass is 35.5. The first-order valence-corrected chi connectivity index (χ1v) is 7.82. The van der Waals surface area contributed by atoms with Crippen LogP contribution in [0.5, 0.6) is 0 Å². The highest BCUT2D eigenvalue weighted by Gasteiger charge is 2.22. The molecule has 1 aromatic heterocycles. The highest BCUT2D eigenvalue weighted by molar-refractivity contribution is 7.91. The van der Waals surface area contributed by atoms with Crippen molar-refractivity contribution >= 4 is 21.4 Å². The van der Waals surface area contributed by atoms with Crippen LogP contribution in [0.2, 0.25) is 5.15 Å². The average molecular weight is 276 g/mol. The lowest BCUT2D eigenvalue weighted by Crippen LogP contribution is -2.21. The zero-order valence-electron chi connectivity index (χ0n) is 10.4. The summed E-state index contributed by atoms with van der Waals surface area (Å²) in [5.41, 5.74) is 1.52. The summed E-state index contributed by atoms with van der Waals surface area (Å²) in [5.74, 6) is 0.0460. The van der Waals surface area contributed by atoms with Crippen molar-refractivity contribution in [3.05, 3.63) is 28.5 Å². The molecule has 5 heteroatoms. The highest BCUT2D eigenvalue weighted by Crippen LogP contribution is 2.19. The molecular formula is C12H18ClNO2S. The first-order chi connectivity index (χ1) is 7.90. The van der Waals surface area contributed by atoms with Crippen molar-refractivity contribution in [2.24, 2.45) is 0 Å². The molecule has 1 rings (SSSR count). The summed E-state index contributed by atoms with van der Waals surface area (Å²) in [6, 6.07) is 1.79. The van der Waals surface area contributed by atoms with E-state index in [-0.39, 0.29) is 11.0 Å². The molecule has 0 radical (unpaired) electrons. The smallest absolute Gasteiger partial charge is 0.157 e. The summed E-state index contributed by atoms with van der Waals surface area (Å²) in [6.45, 7) is 5.62. The molecule has 0 spiro atoms. The van der Waals surface area contributed by atoms with E-state index in [0.29, 0.717) is 23.6 Å². The number of rotatable bonds is 5. The Morgan fingerprint density at radius 3 is 2.41 bits per heavy atom. The number of hydrogen-bond acceptors (Lipinski definition) is 3. The molecule has 0 saturated heterocycles. The molecule has 0 N–H and O–H groups in total. The maximum absolute atomic E-state index is 12.1. The fourth-order valence-electron chi connectivity index (χ4n) is 1.84. The second-order valence-electron chi connectivity index (χ2n) is 4.20. The van der Waals surface area contributed by atoms with Crippen molar-refractivity contribution in [3.63, 3.8) is 0 Å². The van der Waals surface area contributed by atoms with Crippen molar-refractivity contribution < 1.29 is 8.42 Å². The quantitative estimate of drug-likeness (QED) is 0.776. The number of halogens is 1. The molecule has 17 heavy (non-hydrogen) atoms. The van der Waals surface area contributed by atoms with Crippen LogP contribution in [-0.4, -0.2) is 18.7 Å². The molecular weight excluding hydrogens is 258 g/mol. The fraction of sp³-hybridized carbons (Fsp3) is 0.583. The van der Waals surface area contributed by atoms with Crippen molar-refractivity contribution in [1.82, 2.24) is 4.98 Å². The average Bonchev–Trinajstić information content (AvgIpc) is 2.24. The van der Waals surface area contributed by atoms with E-state index in [4.69, 9.17) is 11.6 Å². The Hall–Kier alpha value is -0.610. The Balaban J connectivity index is 2.94. The van der Waals surface area contributed by atoms with Crippen LogP contribution < -0.4 is 0 Å². The Morgan fingerprint density at radius 2 is 1.94 bits per heavy atom. The molecule has 96 valence electrons. The Morgan fingerprint density at radius 1 is 1.35 bits per heavy atom. The predicted octanol–water partition coefficient (Wildman–Crippen LogP) is 3.15. The standard InChI is InChI=1S/C12H18ClNO2S/c1-4-11(5-2)17(15,16)8-10-6-9(3)12(13)14-7-10/h6-7,11H,4-5,8H2,1-3H3. The van der Waals surface area contributed by atoms with Gasteiger partial charge >= 0.3 is 0 Å². The van der Waals surface area contributed by atoms with Gasteiger partial charge in [-0.15, -0.1) is 0 Å². The molecule has 1 aromatic rings. The number of nitrogens with zero attached hydrogens (tertiary/aromatic N) is 1. The van der Waals surface area contributed by atoms with Gasteiger partial charge in [0.15, 0.2) is 9.84 Å². The topological polar surface area (TPSA) is 47.0 Å². The van der Waals surface area contributed by atoms with Gasteiger partial charge in [-0.05, 0) is 30.9 Å². The van der Waals surface area contributed by atoms with Gasteiger partial charge in [0.25, 0.3) is 0 Å². The van der Waals surface area contributed by atoms with Crippen LogP contribution in [0.1, 0.15) is 37.8 Å². The lowest BCUT2D eigenvalue weighted by molar-refractivity contribution is 0.570. The van der Waals surface area contributed by atoms with E-state index in [1.165, 1.54) is 6.20 Å². The van der Waals surface area contributed by atoms with Gasteiger partial charge in [0.05, 0.1) is 11.0 Å². The van der Waals surface area contributed by atoms with E-state index in [9.17, 15) is 8.42 Å². The summed E-state index contributed by atoms with van der Waals surface area (Å²) in [4.78, 5) is 3.97. The third kappa shape index (κ3) is 3.68. The van der Waals surface area contributed by atoms with Crippen molar-refractivity contribution in [2.75, 3.05) is 0 Å². The number of sulfone groups is 1. The Bertz CT molecular complexity index is 481. The Labute approximate surface area is 108 Å². The van der Waals surface area contributed by atoms with Gasteiger partial charge in [-0.2, -0.15) is 0 Å². The van der Waals surface area contributed by atoms with Crippen LogP contribution in [0, 0.1) is 6.92 Å². The van der Waals surface area contributed by atoms with E-state index in [1.54, 1.807) is 6.07 Å². The van der Waals surface area contributed by atoms with E-state index >= 15 is 0 Å². The molecule has 0 fully saturated rings. The molecule has 0 aromatic carbocycles. The van der Waals surface area contributed by atoms with Gasteiger partial charge in [-0.1, -0.05) is 31.5 Å². The minimum Gasteiger partial charge on any atom is -0.244 e. The van der Waals surface area contributed by atoms with Gasteiger partial charge in [-0.25, -0.2) is 13.4 Å². The van der Waals surface area contributed by atoms with Crippen LogP contribution in [0.25, 0.3) is 0 Å². The van der Waals surface area contributed by atoms with E-state index < -0.39 is 9.84 Å². The minimum absolute atomic E-state index is 0.0460. The van der Waals surface area contributed by atoms with E-state index in [0.717, 1.165) is 5.56 Å². The van der Waals surface area contributed by atoms with Crippen LogP contribution in [0.3, 0.4) is 0 Å². The maximum atomic E-state index is 12.1. The van der Waals surface area contributed by atoms with Gasteiger partial charge in [-0.3, -0.25) is 0 Å². The van der Waals surface area contributed by atoms with Crippen LogP contribution in [0.4, 0.5) is 0 Å². The van der Waals surface area contributed by atoms with E-state index in [2.05, 4.69) is 4.98 Å². The molecule has 0 amide bonds. The first kappa shape index (κ1) is 14.5. The largest absolute Gasteiger partial charge is 0.244 e. The number of aromatic nitrogens is 1. The number of pyridine rings is 1. The molecule has 0 saturated carbocycles. The third-order valence-corrected chi connectivity index (χ3v) is 5.67. The van der Waals surface area contributed by atoms with Crippen molar-refractivity contribution in [3.8, 4) is 0 Å². The molecule has 0 aliphatic rings. The normalized spacial score (nSPS) is 12.1. The summed E-state index contributed by atoms with van der Waals surface area (Å²) >= 11 is 5.81. The van der Waals surface area contributed by atoms with Gasteiger partial charge in [0, 0.05) is 6.20 Å². The third-order valence-electron chi connectivity index (χ3n) is 2.86. The first-order valence-electron chi connectivity index (χ1n) is 5.73. The number of aryl methyl sites for hydroxylation is 1. The molecule has 1 heterocycles. The minimum atomic E-state index is -3.09. The Kier molecular flexibility index (Phi) is 4.95. The van der Waals surface area contributed by atoms with Crippen LogP contribution in [0.15, 0.2) is 12.3 Å². The zero-order chi connectivity index (χ0) is 13.1. The number of hydrogen-bond donors (Lipinski definition) is 0. The molecule has 0 atom stereocenters. The fourth-order valence-corrected chi connectivity index (χ4v) is 3.82. The molecule has 0 unspecified atom stereocenters. The van der Waals surface area contributed by atoms with Crippen molar-refractivity contribution in [2.45, 2.75) is 44.6 Å². The second-order valence-corrected chi connectivity index (χ2v) is 6.84. The summed E-state index contributed by atoms with van der Waals surface area (Å²) < 4.78 is 24.2. The molecule has 3 nitrogen and oxygen atoms in total. The molecule has 0 bridgehead atoms. The lowest BCUT2D eigenvalue weighted by atomic mass is 10.2. The lowest BCUT2D eigenvalue weighted by Gasteiger charge is -2.13. The van der Waals surface area contributed by atoms with Gasteiger partial charge in [0.1, 0.15) is 5.15 Å². The zero-order valence-corrected chi connectivity index (χ0v) is 12.0. The van der Waals surface area contributed by atoms with Crippen LogP contribution >= 0.6 is 11.6 Å². The summed E-state index contributed by atoms with van der Waals surface area (Å²) in [5, 5.41) is 0.159. The van der Waals surface area contributed by atoms with Gasteiger partial charge in [0.2, 0.25) is 0 Å². The predicted molar refractivity (Wildman–Crippen MR) is 71.0 cm³/mol. The summed E-state index contributed by atoms with van der Waals surface area (Å²) in [6.07, 6.45) is 2.84. The SMILES string of the molecule is CCC(CC)S(=O)(=O)Cc1cnc(Cl)c(C)c1. The van der Waals surface area contributed by atoms with Gasteiger partial charge < -0.3 is 0 Å². The van der Waals surface area contributed by atoms with E-state index in [1.807, 2.05) is 20.8 Å².